The molecule has 0 fully saturated rings. The Morgan fingerprint density at radius 2 is 1.79 bits per heavy atom. The monoisotopic (exact) mass is 475 g/mol. The Morgan fingerprint density at radius 3 is 2.52 bits per heavy atom. The van der Waals surface area contributed by atoms with Crippen molar-refractivity contribution >= 4 is 29.0 Å². The highest BCUT2D eigenvalue weighted by Gasteiger charge is 2.33. The van der Waals surface area contributed by atoms with Crippen molar-refractivity contribution in [3.8, 4) is 23.2 Å². The number of halogens is 4. The molecule has 4 rings (SSSR count). The Labute approximate surface area is 189 Å². The molecular formula is C21H13ClF3N5O3. The lowest BCUT2D eigenvalue weighted by Crippen LogP contribution is -2.20. The maximum Gasteiger partial charge on any atom is 0.417 e. The Balaban J connectivity index is 1.44. The molecule has 2 amide bonds. The van der Waals surface area contributed by atoms with Gasteiger partial charge in [0.25, 0.3) is 0 Å². The van der Waals surface area contributed by atoms with Gasteiger partial charge < -0.3 is 19.8 Å². The van der Waals surface area contributed by atoms with Crippen LogP contribution in [0.1, 0.15) is 5.56 Å². The summed E-state index contributed by atoms with van der Waals surface area (Å²) in [4.78, 5) is 24.3. The number of amides is 2. The Hall–Kier alpha value is -4.12. The third-order valence-corrected chi connectivity index (χ3v) is 4.47. The van der Waals surface area contributed by atoms with E-state index in [0.29, 0.717) is 23.0 Å². The quantitative estimate of drug-likeness (QED) is 0.354. The van der Waals surface area contributed by atoms with Crippen LogP contribution in [0.4, 0.5) is 29.3 Å². The highest BCUT2D eigenvalue weighted by molar-refractivity contribution is 6.31. The number of rotatable bonds is 5. The zero-order valence-corrected chi connectivity index (χ0v) is 17.2. The minimum atomic E-state index is -4.65. The lowest BCUT2D eigenvalue weighted by molar-refractivity contribution is -0.137. The summed E-state index contributed by atoms with van der Waals surface area (Å²) in [6, 6.07) is 10.2. The van der Waals surface area contributed by atoms with Crippen molar-refractivity contribution in [2.45, 2.75) is 6.18 Å². The molecule has 0 atom stereocenters. The summed E-state index contributed by atoms with van der Waals surface area (Å²) < 4.78 is 49.9. The van der Waals surface area contributed by atoms with E-state index in [0.717, 1.165) is 12.1 Å². The first kappa shape index (κ1) is 22.1. The number of aromatic nitrogens is 3. The summed E-state index contributed by atoms with van der Waals surface area (Å²) in [5.41, 5.74) is -0.375. The molecule has 0 bridgehead atoms. The van der Waals surface area contributed by atoms with Gasteiger partial charge in [0.15, 0.2) is 0 Å². The van der Waals surface area contributed by atoms with Gasteiger partial charge in [0.1, 0.15) is 24.0 Å². The predicted molar refractivity (Wildman–Crippen MR) is 113 cm³/mol. The zero-order chi connectivity index (χ0) is 23.4. The van der Waals surface area contributed by atoms with E-state index in [1.54, 1.807) is 18.2 Å². The average molecular weight is 476 g/mol. The van der Waals surface area contributed by atoms with Gasteiger partial charge >= 0.3 is 12.2 Å². The number of oxazole rings is 1. The number of nitrogens with zero attached hydrogens (tertiary/aromatic N) is 3. The fourth-order valence-electron chi connectivity index (χ4n) is 2.73. The number of anilines is 2. The number of carbonyl (C=O) groups is 1. The van der Waals surface area contributed by atoms with Crippen molar-refractivity contribution in [1.82, 2.24) is 15.0 Å². The molecule has 0 aliphatic carbocycles. The second-order valence-corrected chi connectivity index (χ2v) is 6.89. The summed E-state index contributed by atoms with van der Waals surface area (Å²) in [5.74, 6) is 0.849. The molecule has 0 aliphatic heterocycles. The largest absolute Gasteiger partial charge is 0.443 e. The first-order valence-electron chi connectivity index (χ1n) is 9.22. The molecule has 8 nitrogen and oxygen atoms in total. The van der Waals surface area contributed by atoms with Crippen molar-refractivity contribution in [2.24, 2.45) is 0 Å². The molecule has 2 aromatic carbocycles. The lowest BCUT2D eigenvalue weighted by atomic mass is 10.2. The molecule has 12 heteroatoms. The van der Waals surface area contributed by atoms with E-state index < -0.39 is 22.8 Å². The van der Waals surface area contributed by atoms with Crippen LogP contribution in [0.25, 0.3) is 11.6 Å². The van der Waals surface area contributed by atoms with E-state index in [1.807, 2.05) is 0 Å². The smallest absolute Gasteiger partial charge is 0.417 e. The fraction of sp³-hybridized carbons (Fsp3) is 0.0476. The van der Waals surface area contributed by atoms with Gasteiger partial charge in [-0.15, -0.1) is 0 Å². The van der Waals surface area contributed by atoms with Gasteiger partial charge in [0.05, 0.1) is 16.8 Å². The molecule has 0 unspecified atom stereocenters. The molecule has 2 heterocycles. The maximum atomic E-state index is 13.0. The number of hydrogen-bond acceptors (Lipinski definition) is 6. The Morgan fingerprint density at radius 1 is 1.00 bits per heavy atom. The molecule has 0 spiro atoms. The summed E-state index contributed by atoms with van der Waals surface area (Å²) in [6.45, 7) is 0. The van der Waals surface area contributed by atoms with Gasteiger partial charge in [-0.1, -0.05) is 17.7 Å². The highest BCUT2D eigenvalue weighted by Crippen LogP contribution is 2.36. The molecule has 0 aliphatic rings. The average Bonchev–Trinajstić information content (AvgIpc) is 3.30. The number of ether oxygens (including phenoxy) is 1. The zero-order valence-electron chi connectivity index (χ0n) is 16.4. The van der Waals surface area contributed by atoms with Gasteiger partial charge in [-0.05, 0) is 30.3 Å². The van der Waals surface area contributed by atoms with Crippen molar-refractivity contribution in [1.29, 1.82) is 0 Å². The summed E-state index contributed by atoms with van der Waals surface area (Å²) in [6.07, 6.45) is -0.477. The molecule has 168 valence electrons. The number of alkyl halides is 3. The third-order valence-electron chi connectivity index (χ3n) is 4.14. The molecule has 0 saturated heterocycles. The van der Waals surface area contributed by atoms with Gasteiger partial charge in [0.2, 0.25) is 11.8 Å². The minimum Gasteiger partial charge on any atom is -0.443 e. The number of nitrogens with one attached hydrogen (secondary N) is 2. The third kappa shape index (κ3) is 5.57. The second kappa shape index (κ2) is 9.17. The number of hydrogen-bond donors (Lipinski definition) is 2. The van der Waals surface area contributed by atoms with Crippen LogP contribution in [0.5, 0.6) is 11.6 Å². The standard InChI is InChI=1S/C21H13ClF3N5O3/c22-16-5-4-13(9-15(16)21(23,24)25)30-20(31)29-12-2-1-3-14(8-12)33-18-10-17(27-11-28-18)19-26-6-7-32-19/h1-11H,(H2,29,30,31). The van der Waals surface area contributed by atoms with Crippen LogP contribution in [0, 0.1) is 0 Å². The van der Waals surface area contributed by atoms with Crippen LogP contribution >= 0.6 is 11.6 Å². The van der Waals surface area contributed by atoms with Crippen molar-refractivity contribution < 1.29 is 27.1 Å². The van der Waals surface area contributed by atoms with E-state index in [9.17, 15) is 18.0 Å². The first-order valence-corrected chi connectivity index (χ1v) is 9.60. The molecule has 33 heavy (non-hydrogen) atoms. The summed E-state index contributed by atoms with van der Waals surface area (Å²) in [7, 11) is 0. The van der Waals surface area contributed by atoms with Gasteiger partial charge in [0, 0.05) is 23.5 Å². The van der Waals surface area contributed by atoms with Crippen LogP contribution in [0.3, 0.4) is 0 Å². The lowest BCUT2D eigenvalue weighted by Gasteiger charge is -2.13. The molecule has 2 N–H and O–H groups in total. The van der Waals surface area contributed by atoms with E-state index in [1.165, 1.54) is 37.0 Å². The number of urea groups is 1. The van der Waals surface area contributed by atoms with E-state index in [4.69, 9.17) is 20.8 Å². The Bertz CT molecular complexity index is 1280. The second-order valence-electron chi connectivity index (χ2n) is 6.48. The summed E-state index contributed by atoms with van der Waals surface area (Å²) >= 11 is 5.59. The number of benzene rings is 2. The predicted octanol–water partition coefficient (Wildman–Crippen LogP) is 6.24. The van der Waals surface area contributed by atoms with Crippen LogP contribution in [0.15, 0.2) is 71.7 Å². The van der Waals surface area contributed by atoms with Crippen molar-refractivity contribution in [2.75, 3.05) is 10.6 Å². The fourth-order valence-corrected chi connectivity index (χ4v) is 2.96. The topological polar surface area (TPSA) is 102 Å². The van der Waals surface area contributed by atoms with Crippen LogP contribution in [-0.2, 0) is 6.18 Å². The van der Waals surface area contributed by atoms with E-state index >= 15 is 0 Å². The molecule has 0 saturated carbocycles. The van der Waals surface area contributed by atoms with Crippen LogP contribution in [-0.4, -0.2) is 21.0 Å². The summed E-state index contributed by atoms with van der Waals surface area (Å²) in [5, 5.41) is 4.39. The first-order chi connectivity index (χ1) is 15.8. The minimum absolute atomic E-state index is 0.0725. The van der Waals surface area contributed by atoms with Crippen molar-refractivity contribution in [3.05, 3.63) is 77.9 Å². The SMILES string of the molecule is O=C(Nc1cccc(Oc2cc(-c3ncco3)ncn2)c1)Nc1ccc(Cl)c(C(F)(F)F)c1. The number of carbonyl (C=O) groups excluding carboxylic acids is 1. The molecule has 4 aromatic rings. The molecular weight excluding hydrogens is 463 g/mol. The van der Waals surface area contributed by atoms with E-state index in [2.05, 4.69) is 25.6 Å². The van der Waals surface area contributed by atoms with Gasteiger partial charge in [-0.25, -0.2) is 19.7 Å². The molecule has 2 aromatic heterocycles. The van der Waals surface area contributed by atoms with Crippen molar-refractivity contribution in [3.63, 3.8) is 0 Å². The Kier molecular flexibility index (Phi) is 6.13. The normalized spacial score (nSPS) is 11.2. The van der Waals surface area contributed by atoms with Crippen LogP contribution < -0.4 is 15.4 Å². The van der Waals surface area contributed by atoms with Crippen LogP contribution in [0.2, 0.25) is 5.02 Å². The van der Waals surface area contributed by atoms with E-state index in [-0.39, 0.29) is 11.6 Å². The van der Waals surface area contributed by atoms with Gasteiger partial charge in [-0.3, -0.25) is 0 Å². The van der Waals surface area contributed by atoms with Gasteiger partial charge in [-0.2, -0.15) is 13.2 Å². The highest BCUT2D eigenvalue weighted by atomic mass is 35.5. The maximum absolute atomic E-state index is 13.0. The molecule has 0 radical (unpaired) electrons.